The summed E-state index contributed by atoms with van der Waals surface area (Å²) in [7, 11) is 0. The van der Waals surface area contributed by atoms with E-state index in [9.17, 15) is 15.2 Å². The summed E-state index contributed by atoms with van der Waals surface area (Å²) in [5, 5.41) is 19.4. The fourth-order valence-corrected chi connectivity index (χ4v) is 2.78. The molecule has 0 saturated heterocycles. The van der Waals surface area contributed by atoms with Crippen LogP contribution < -0.4 is 0 Å². The molecule has 4 heteroatoms. The number of aliphatic hydroxyl groups excluding tert-OH is 1. The molecule has 0 aliphatic heterocycles. The molecule has 1 N–H and O–H groups in total. The molecular weight excluding hydrogens is 230 g/mol. The molecule has 0 aromatic carbocycles. The highest BCUT2D eigenvalue weighted by Crippen LogP contribution is 2.42. The first-order valence-corrected chi connectivity index (χ1v) is 6.85. The van der Waals surface area contributed by atoms with Gasteiger partial charge in [-0.15, -0.1) is 0 Å². The predicted octanol–water partition coefficient (Wildman–Crippen LogP) is 2.41. The van der Waals surface area contributed by atoms with Crippen LogP contribution in [0.2, 0.25) is 0 Å². The van der Waals surface area contributed by atoms with Crippen LogP contribution in [-0.4, -0.2) is 23.8 Å². The number of ether oxygens (including phenoxy) is 1. The third-order valence-electron chi connectivity index (χ3n) is 3.95. The lowest BCUT2D eigenvalue weighted by Gasteiger charge is -2.37. The minimum Gasteiger partial charge on any atom is -0.464 e. The van der Waals surface area contributed by atoms with Gasteiger partial charge >= 0.3 is 5.97 Å². The number of hydrogen-bond donors (Lipinski definition) is 1. The molecule has 0 heterocycles. The standard InChI is InChI=1S/C14H23NO3/c1-3-5-11-6-8-14(10-15,9-7-11)12(16)13(17)18-4-2/h11-12,16H,3-9H2,1-2H3. The van der Waals surface area contributed by atoms with Crippen molar-refractivity contribution >= 4 is 5.97 Å². The minimum atomic E-state index is -1.30. The summed E-state index contributed by atoms with van der Waals surface area (Å²) in [5.41, 5.74) is -0.934. The summed E-state index contributed by atoms with van der Waals surface area (Å²) in [4.78, 5) is 11.6. The van der Waals surface area contributed by atoms with Gasteiger partial charge in [-0.3, -0.25) is 0 Å². The van der Waals surface area contributed by atoms with Crippen LogP contribution in [0.5, 0.6) is 0 Å². The van der Waals surface area contributed by atoms with Gasteiger partial charge in [-0.1, -0.05) is 19.8 Å². The molecule has 1 fully saturated rings. The molecule has 1 atom stereocenters. The number of hydrogen-bond acceptors (Lipinski definition) is 4. The average molecular weight is 253 g/mol. The van der Waals surface area contributed by atoms with Gasteiger partial charge < -0.3 is 9.84 Å². The number of nitrogens with zero attached hydrogens (tertiary/aromatic N) is 1. The Morgan fingerprint density at radius 3 is 2.56 bits per heavy atom. The molecule has 1 aliphatic carbocycles. The van der Waals surface area contributed by atoms with Gasteiger partial charge in [0, 0.05) is 0 Å². The van der Waals surface area contributed by atoms with Crippen molar-refractivity contribution in [2.75, 3.05) is 6.61 Å². The number of aliphatic hydroxyl groups is 1. The molecule has 0 radical (unpaired) electrons. The van der Waals surface area contributed by atoms with E-state index in [1.165, 1.54) is 0 Å². The number of carbonyl (C=O) groups excluding carboxylic acids is 1. The highest BCUT2D eigenvalue weighted by Gasteiger charge is 2.45. The summed E-state index contributed by atoms with van der Waals surface area (Å²) < 4.78 is 4.82. The van der Waals surface area contributed by atoms with E-state index >= 15 is 0 Å². The summed E-state index contributed by atoms with van der Waals surface area (Å²) in [5.74, 6) is -0.0288. The van der Waals surface area contributed by atoms with Gasteiger partial charge in [0.25, 0.3) is 0 Å². The van der Waals surface area contributed by atoms with Crippen molar-refractivity contribution in [2.24, 2.45) is 11.3 Å². The first-order valence-electron chi connectivity index (χ1n) is 6.85. The van der Waals surface area contributed by atoms with Gasteiger partial charge in [0.15, 0.2) is 6.10 Å². The van der Waals surface area contributed by atoms with Crippen LogP contribution in [0, 0.1) is 22.7 Å². The molecule has 0 aromatic rings. The second kappa shape index (κ2) is 6.75. The highest BCUT2D eigenvalue weighted by atomic mass is 16.5. The summed E-state index contributed by atoms with van der Waals surface area (Å²) in [6, 6.07) is 2.17. The Kier molecular flexibility index (Phi) is 5.61. The largest absolute Gasteiger partial charge is 0.464 e. The van der Waals surface area contributed by atoms with E-state index in [1.807, 2.05) is 0 Å². The van der Waals surface area contributed by atoms with Crippen molar-refractivity contribution in [1.29, 1.82) is 5.26 Å². The Labute approximate surface area is 109 Å². The van der Waals surface area contributed by atoms with Crippen molar-refractivity contribution in [3.63, 3.8) is 0 Å². The number of nitriles is 1. The topological polar surface area (TPSA) is 70.3 Å². The highest BCUT2D eigenvalue weighted by molar-refractivity contribution is 5.76. The number of rotatable bonds is 5. The fraction of sp³-hybridized carbons (Fsp3) is 0.857. The Hall–Kier alpha value is -1.08. The lowest BCUT2D eigenvalue weighted by Crippen LogP contribution is -2.43. The van der Waals surface area contributed by atoms with E-state index in [0.717, 1.165) is 25.7 Å². The van der Waals surface area contributed by atoms with Crippen molar-refractivity contribution < 1.29 is 14.6 Å². The third kappa shape index (κ3) is 3.23. The van der Waals surface area contributed by atoms with Crippen LogP contribution in [0.3, 0.4) is 0 Å². The molecule has 1 saturated carbocycles. The molecule has 0 aromatic heterocycles. The molecule has 1 unspecified atom stereocenters. The second-order valence-electron chi connectivity index (χ2n) is 5.15. The maximum absolute atomic E-state index is 11.6. The molecular formula is C14H23NO3. The van der Waals surface area contributed by atoms with Crippen molar-refractivity contribution in [3.05, 3.63) is 0 Å². The van der Waals surface area contributed by atoms with Crippen molar-refractivity contribution in [1.82, 2.24) is 0 Å². The number of esters is 1. The molecule has 0 spiro atoms. The van der Waals surface area contributed by atoms with Gasteiger partial charge in [-0.2, -0.15) is 5.26 Å². The molecule has 18 heavy (non-hydrogen) atoms. The summed E-state index contributed by atoms with van der Waals surface area (Å²) >= 11 is 0. The molecule has 102 valence electrons. The quantitative estimate of drug-likeness (QED) is 0.764. The Morgan fingerprint density at radius 1 is 1.50 bits per heavy atom. The van der Waals surface area contributed by atoms with Crippen LogP contribution >= 0.6 is 0 Å². The molecule has 0 bridgehead atoms. The van der Waals surface area contributed by atoms with Gasteiger partial charge in [0.05, 0.1) is 18.1 Å². The van der Waals surface area contributed by atoms with Gasteiger partial charge in [-0.25, -0.2) is 4.79 Å². The van der Waals surface area contributed by atoms with Crippen molar-refractivity contribution in [2.45, 2.75) is 58.5 Å². The Bertz CT molecular complexity index is 313. The zero-order valence-electron chi connectivity index (χ0n) is 11.3. The first kappa shape index (κ1) is 15.0. The molecule has 4 nitrogen and oxygen atoms in total. The number of carbonyl (C=O) groups is 1. The van der Waals surface area contributed by atoms with Crippen LogP contribution in [0.1, 0.15) is 52.4 Å². The molecule has 1 aliphatic rings. The van der Waals surface area contributed by atoms with Crippen LogP contribution in [0.15, 0.2) is 0 Å². The summed E-state index contributed by atoms with van der Waals surface area (Å²) in [6.07, 6.45) is 4.02. The van der Waals surface area contributed by atoms with Gasteiger partial charge in [0.2, 0.25) is 0 Å². The third-order valence-corrected chi connectivity index (χ3v) is 3.95. The lowest BCUT2D eigenvalue weighted by molar-refractivity contribution is -0.160. The SMILES string of the molecule is CCCC1CCC(C#N)(C(O)C(=O)OCC)CC1. The monoisotopic (exact) mass is 253 g/mol. The first-order chi connectivity index (χ1) is 8.59. The van der Waals surface area contributed by atoms with Crippen molar-refractivity contribution in [3.8, 4) is 6.07 Å². The van der Waals surface area contributed by atoms with E-state index in [-0.39, 0.29) is 6.61 Å². The van der Waals surface area contributed by atoms with E-state index in [2.05, 4.69) is 13.0 Å². The second-order valence-corrected chi connectivity index (χ2v) is 5.15. The molecule has 1 rings (SSSR count). The van der Waals surface area contributed by atoms with E-state index < -0.39 is 17.5 Å². The van der Waals surface area contributed by atoms with Crippen LogP contribution in [-0.2, 0) is 9.53 Å². The minimum absolute atomic E-state index is 0.232. The Balaban J connectivity index is 2.66. The van der Waals surface area contributed by atoms with E-state index in [1.54, 1.807) is 6.92 Å². The zero-order valence-corrected chi connectivity index (χ0v) is 11.3. The maximum Gasteiger partial charge on any atom is 0.336 e. The normalized spacial score (nSPS) is 29.3. The van der Waals surface area contributed by atoms with E-state index in [4.69, 9.17) is 4.74 Å². The summed E-state index contributed by atoms with van der Waals surface area (Å²) in [6.45, 7) is 4.08. The van der Waals surface area contributed by atoms with Gasteiger partial charge in [-0.05, 0) is 38.5 Å². The smallest absolute Gasteiger partial charge is 0.336 e. The predicted molar refractivity (Wildman–Crippen MR) is 67.6 cm³/mol. The lowest BCUT2D eigenvalue weighted by atomic mass is 9.67. The zero-order chi connectivity index (χ0) is 13.6. The average Bonchev–Trinajstić information content (AvgIpc) is 2.40. The van der Waals surface area contributed by atoms with E-state index in [0.29, 0.717) is 18.8 Å². The Morgan fingerprint density at radius 2 is 2.11 bits per heavy atom. The van der Waals surface area contributed by atoms with Crippen LogP contribution in [0.25, 0.3) is 0 Å². The van der Waals surface area contributed by atoms with Gasteiger partial charge in [0.1, 0.15) is 0 Å². The van der Waals surface area contributed by atoms with Crippen LogP contribution in [0.4, 0.5) is 0 Å². The maximum atomic E-state index is 11.6. The molecule has 0 amide bonds. The fourth-order valence-electron chi connectivity index (χ4n) is 2.78.